The topological polar surface area (TPSA) is 16.1 Å². The molecule has 0 saturated heterocycles. The van der Waals surface area contributed by atoms with Crippen LogP contribution in [-0.2, 0) is 0 Å². The van der Waals surface area contributed by atoms with Gasteiger partial charge in [-0.25, -0.2) is 0 Å². The number of pyridine rings is 1. The second kappa shape index (κ2) is 4.12. The highest BCUT2D eigenvalue weighted by Gasteiger charge is 1.95. The lowest BCUT2D eigenvalue weighted by atomic mass is 10.2. The lowest BCUT2D eigenvalue weighted by Crippen LogP contribution is -2.01. The Morgan fingerprint density at radius 2 is 2.00 bits per heavy atom. The molecular formula is C9H11ClN2. The highest BCUT2D eigenvalue weighted by molar-refractivity contribution is 6.48. The van der Waals surface area contributed by atoms with Crippen LogP contribution in [0.2, 0.25) is 0 Å². The number of aromatic nitrogens is 1. The number of nitrogens with zero attached hydrogens (tertiary/aromatic N) is 2. The minimum absolute atomic E-state index is 0.724. The molecule has 0 aliphatic heterocycles. The van der Waals surface area contributed by atoms with E-state index >= 15 is 0 Å². The molecule has 1 heterocycles. The second-order valence-electron chi connectivity index (χ2n) is 2.68. The highest BCUT2D eigenvalue weighted by Crippen LogP contribution is 2.17. The van der Waals surface area contributed by atoms with E-state index in [1.54, 1.807) is 12.4 Å². The summed E-state index contributed by atoms with van der Waals surface area (Å²) in [5.41, 5.74) is 0.986. The van der Waals surface area contributed by atoms with Crippen LogP contribution in [0.25, 0.3) is 5.03 Å². The van der Waals surface area contributed by atoms with E-state index in [-0.39, 0.29) is 0 Å². The molecule has 0 atom stereocenters. The monoisotopic (exact) mass is 182 g/mol. The maximum Gasteiger partial charge on any atom is 0.0637 e. The van der Waals surface area contributed by atoms with Gasteiger partial charge < -0.3 is 4.90 Å². The second-order valence-corrected chi connectivity index (χ2v) is 3.08. The van der Waals surface area contributed by atoms with Crippen molar-refractivity contribution in [1.82, 2.24) is 9.88 Å². The summed E-state index contributed by atoms with van der Waals surface area (Å²) < 4.78 is 0. The lowest BCUT2D eigenvalue weighted by molar-refractivity contribution is 0.567. The van der Waals surface area contributed by atoms with Gasteiger partial charge in [-0.15, -0.1) is 0 Å². The summed E-state index contributed by atoms with van der Waals surface area (Å²) in [6.45, 7) is 0. The molecule has 0 unspecified atom stereocenters. The van der Waals surface area contributed by atoms with E-state index in [1.165, 1.54) is 0 Å². The Balaban J connectivity index is 2.85. The molecule has 1 rings (SSSR count). The van der Waals surface area contributed by atoms with Gasteiger partial charge in [-0.2, -0.15) is 0 Å². The molecule has 0 spiro atoms. The van der Waals surface area contributed by atoms with Crippen LogP contribution in [0.4, 0.5) is 0 Å². The van der Waals surface area contributed by atoms with Crippen LogP contribution in [0.5, 0.6) is 0 Å². The summed E-state index contributed by atoms with van der Waals surface area (Å²) in [6.07, 6.45) is 5.30. The minimum Gasteiger partial charge on any atom is -0.382 e. The van der Waals surface area contributed by atoms with Crippen LogP contribution >= 0.6 is 11.6 Å². The van der Waals surface area contributed by atoms with Gasteiger partial charge in [-0.1, -0.05) is 11.6 Å². The van der Waals surface area contributed by atoms with Crippen molar-refractivity contribution in [1.29, 1.82) is 0 Å². The first kappa shape index (κ1) is 9.07. The van der Waals surface area contributed by atoms with Gasteiger partial charge in [0.05, 0.1) is 5.03 Å². The highest BCUT2D eigenvalue weighted by atomic mass is 35.5. The molecule has 3 heteroatoms. The predicted octanol–water partition coefficient (Wildman–Crippen LogP) is 2.18. The summed E-state index contributed by atoms with van der Waals surface area (Å²) >= 11 is 5.99. The molecule has 0 aromatic carbocycles. The van der Waals surface area contributed by atoms with Gasteiger partial charge in [0.1, 0.15) is 0 Å². The van der Waals surface area contributed by atoms with Crippen molar-refractivity contribution in [3.63, 3.8) is 0 Å². The molecule has 1 aromatic heterocycles. The Labute approximate surface area is 77.5 Å². The molecule has 0 radical (unpaired) electrons. The molecule has 0 fully saturated rings. The predicted molar refractivity (Wildman–Crippen MR) is 51.8 cm³/mol. The molecule has 12 heavy (non-hydrogen) atoms. The first-order valence-electron chi connectivity index (χ1n) is 3.64. The number of hydrogen-bond donors (Lipinski definition) is 0. The van der Waals surface area contributed by atoms with Crippen LogP contribution in [0, 0.1) is 0 Å². The van der Waals surface area contributed by atoms with E-state index in [9.17, 15) is 0 Å². The molecule has 0 N–H and O–H groups in total. The zero-order chi connectivity index (χ0) is 8.97. The zero-order valence-electron chi connectivity index (χ0n) is 7.16. The van der Waals surface area contributed by atoms with E-state index in [4.69, 9.17) is 11.6 Å². The summed E-state index contributed by atoms with van der Waals surface area (Å²) in [5, 5.41) is 0.724. The van der Waals surface area contributed by atoms with Gasteiger partial charge in [0.15, 0.2) is 0 Å². The summed E-state index contributed by atoms with van der Waals surface area (Å²) in [6, 6.07) is 3.75. The Hall–Kier alpha value is -1.02. The quantitative estimate of drug-likeness (QED) is 0.697. The first-order valence-corrected chi connectivity index (χ1v) is 4.02. The zero-order valence-corrected chi connectivity index (χ0v) is 7.92. The van der Waals surface area contributed by atoms with Crippen molar-refractivity contribution in [3.8, 4) is 0 Å². The average Bonchev–Trinajstić information content (AvgIpc) is 2.05. The van der Waals surface area contributed by atoms with Gasteiger partial charge in [-0.05, 0) is 17.7 Å². The Morgan fingerprint density at radius 1 is 1.42 bits per heavy atom. The van der Waals surface area contributed by atoms with Crippen LogP contribution < -0.4 is 0 Å². The van der Waals surface area contributed by atoms with Crippen LogP contribution in [0.1, 0.15) is 5.56 Å². The van der Waals surface area contributed by atoms with Crippen molar-refractivity contribution >= 4 is 16.6 Å². The number of hydrogen-bond acceptors (Lipinski definition) is 2. The molecule has 64 valence electrons. The van der Waals surface area contributed by atoms with Crippen molar-refractivity contribution < 1.29 is 0 Å². The van der Waals surface area contributed by atoms with Gasteiger partial charge >= 0.3 is 0 Å². The summed E-state index contributed by atoms with van der Waals surface area (Å²) in [4.78, 5) is 5.81. The van der Waals surface area contributed by atoms with Crippen LogP contribution in [-0.4, -0.2) is 24.0 Å². The molecule has 0 aliphatic rings. The van der Waals surface area contributed by atoms with Gasteiger partial charge in [0.25, 0.3) is 0 Å². The standard InChI is InChI=1S/C9H11ClN2/c1-12(2)7-9(10)8-3-5-11-6-4-8/h3-7H,1-2H3/b9-7+. The van der Waals surface area contributed by atoms with E-state index < -0.39 is 0 Å². The third-order valence-corrected chi connectivity index (χ3v) is 1.64. The fourth-order valence-corrected chi connectivity index (χ4v) is 1.13. The van der Waals surface area contributed by atoms with Gasteiger partial charge in [-0.3, -0.25) is 4.98 Å². The Kier molecular flexibility index (Phi) is 3.11. The van der Waals surface area contributed by atoms with Crippen LogP contribution in [0.15, 0.2) is 30.7 Å². The van der Waals surface area contributed by atoms with E-state index in [2.05, 4.69) is 4.98 Å². The van der Waals surface area contributed by atoms with Crippen molar-refractivity contribution in [3.05, 3.63) is 36.3 Å². The van der Waals surface area contributed by atoms with Crippen molar-refractivity contribution in [2.75, 3.05) is 14.1 Å². The largest absolute Gasteiger partial charge is 0.382 e. The van der Waals surface area contributed by atoms with E-state index in [1.807, 2.05) is 37.3 Å². The number of rotatable bonds is 2. The summed E-state index contributed by atoms with van der Waals surface area (Å²) in [7, 11) is 3.87. The van der Waals surface area contributed by atoms with Crippen molar-refractivity contribution in [2.45, 2.75) is 0 Å². The minimum atomic E-state index is 0.724. The van der Waals surface area contributed by atoms with Crippen LogP contribution in [0.3, 0.4) is 0 Å². The van der Waals surface area contributed by atoms with Crippen molar-refractivity contribution in [2.24, 2.45) is 0 Å². The van der Waals surface area contributed by atoms with E-state index in [0.717, 1.165) is 10.6 Å². The summed E-state index contributed by atoms with van der Waals surface area (Å²) in [5.74, 6) is 0. The maximum atomic E-state index is 5.99. The third kappa shape index (κ3) is 2.55. The van der Waals surface area contributed by atoms with Gasteiger partial charge in [0, 0.05) is 32.7 Å². The maximum absolute atomic E-state index is 5.99. The molecular weight excluding hydrogens is 172 g/mol. The third-order valence-electron chi connectivity index (χ3n) is 1.33. The Bertz CT molecular complexity index is 267. The van der Waals surface area contributed by atoms with Gasteiger partial charge in [0.2, 0.25) is 0 Å². The fourth-order valence-electron chi connectivity index (χ4n) is 0.812. The Morgan fingerprint density at radius 3 is 2.50 bits per heavy atom. The molecule has 1 aromatic rings. The molecule has 0 bridgehead atoms. The first-order chi connectivity index (χ1) is 5.70. The lowest BCUT2D eigenvalue weighted by Gasteiger charge is -2.06. The number of halogens is 1. The molecule has 0 saturated carbocycles. The molecule has 2 nitrogen and oxygen atoms in total. The average molecular weight is 183 g/mol. The smallest absolute Gasteiger partial charge is 0.0637 e. The van der Waals surface area contributed by atoms with E-state index in [0.29, 0.717) is 0 Å². The fraction of sp³-hybridized carbons (Fsp3) is 0.222. The normalized spacial score (nSPS) is 11.4. The molecule has 0 aliphatic carbocycles. The molecule has 0 amide bonds. The SMILES string of the molecule is CN(C)/C=C(/Cl)c1ccncc1.